The van der Waals surface area contributed by atoms with E-state index in [0.29, 0.717) is 18.4 Å². The molecule has 0 spiro atoms. The number of hydrogen-bond acceptors (Lipinski definition) is 3. The summed E-state index contributed by atoms with van der Waals surface area (Å²) in [5, 5.41) is 9.01. The Morgan fingerprint density at radius 1 is 1.80 bits per heavy atom. The van der Waals surface area contributed by atoms with E-state index in [1.54, 1.807) is 6.08 Å². The number of hydrogen-bond donors (Lipinski definition) is 1. The molecule has 3 heteroatoms. The summed E-state index contributed by atoms with van der Waals surface area (Å²) in [5.41, 5.74) is 0.697. The zero-order valence-electron chi connectivity index (χ0n) is 8.64. The first-order chi connectivity index (χ1) is 7.13. The highest BCUT2D eigenvalue weighted by Crippen LogP contribution is 2.17. The largest absolute Gasteiger partial charge is 0.455 e. The van der Waals surface area contributed by atoms with E-state index in [-0.39, 0.29) is 12.1 Å². The van der Waals surface area contributed by atoms with Gasteiger partial charge in [0.1, 0.15) is 12.2 Å². The molecule has 3 nitrogen and oxygen atoms in total. The van der Waals surface area contributed by atoms with Crippen molar-refractivity contribution in [2.75, 3.05) is 0 Å². The van der Waals surface area contributed by atoms with Crippen LogP contribution in [0.1, 0.15) is 19.8 Å². The van der Waals surface area contributed by atoms with Crippen molar-refractivity contribution >= 4 is 5.97 Å². The molecule has 1 N–H and O–H groups in total. The van der Waals surface area contributed by atoms with E-state index in [1.807, 2.05) is 13.0 Å². The number of aliphatic hydroxyl groups is 1. The van der Waals surface area contributed by atoms with E-state index < -0.39 is 6.10 Å². The lowest BCUT2D eigenvalue weighted by Gasteiger charge is -1.98. The van der Waals surface area contributed by atoms with Gasteiger partial charge in [0.05, 0.1) is 0 Å². The number of aliphatic hydroxyl groups excluding tert-OH is 1. The Morgan fingerprint density at radius 3 is 3.07 bits per heavy atom. The van der Waals surface area contributed by atoms with Crippen LogP contribution < -0.4 is 0 Å². The van der Waals surface area contributed by atoms with Gasteiger partial charge in [0.2, 0.25) is 0 Å². The Morgan fingerprint density at radius 2 is 2.53 bits per heavy atom. The smallest absolute Gasteiger partial charge is 0.334 e. The average molecular weight is 206 g/mol. The molecule has 0 aromatic heterocycles. The van der Waals surface area contributed by atoms with Gasteiger partial charge in [-0.3, -0.25) is 0 Å². The molecule has 0 bridgehead atoms. The molecule has 0 amide bonds. The first kappa shape index (κ1) is 11.5. The highest BCUT2D eigenvalue weighted by atomic mass is 16.5. The van der Waals surface area contributed by atoms with Crippen LogP contribution in [0.4, 0.5) is 0 Å². The van der Waals surface area contributed by atoms with E-state index in [4.69, 9.17) is 16.3 Å². The third kappa shape index (κ3) is 3.61. The van der Waals surface area contributed by atoms with Gasteiger partial charge >= 0.3 is 5.97 Å². The number of terminal acetylenes is 1. The van der Waals surface area contributed by atoms with Crippen LogP contribution in [-0.4, -0.2) is 23.3 Å². The predicted octanol–water partition coefficient (Wildman–Crippen LogP) is 1.19. The summed E-state index contributed by atoms with van der Waals surface area (Å²) in [6.45, 7) is 1.82. The van der Waals surface area contributed by atoms with Gasteiger partial charge in [0.15, 0.2) is 0 Å². The van der Waals surface area contributed by atoms with Crippen LogP contribution in [-0.2, 0) is 9.53 Å². The first-order valence-electron chi connectivity index (χ1n) is 4.86. The molecule has 2 atom stereocenters. The van der Waals surface area contributed by atoms with Crippen LogP contribution in [0.2, 0.25) is 0 Å². The summed E-state index contributed by atoms with van der Waals surface area (Å²) in [4.78, 5) is 11.2. The third-order valence-corrected chi connectivity index (χ3v) is 2.06. The van der Waals surface area contributed by atoms with Crippen molar-refractivity contribution in [3.63, 3.8) is 0 Å². The minimum atomic E-state index is -0.839. The molecule has 2 unspecified atom stereocenters. The number of ether oxygens (including phenoxy) is 1. The Bertz CT molecular complexity index is 333. The van der Waals surface area contributed by atoms with Gasteiger partial charge in [-0.25, -0.2) is 4.79 Å². The van der Waals surface area contributed by atoms with E-state index in [9.17, 15) is 4.79 Å². The molecule has 1 rings (SSSR count). The van der Waals surface area contributed by atoms with Gasteiger partial charge < -0.3 is 9.84 Å². The van der Waals surface area contributed by atoms with Crippen LogP contribution in [0.15, 0.2) is 23.8 Å². The van der Waals surface area contributed by atoms with Crippen molar-refractivity contribution in [3.8, 4) is 12.3 Å². The van der Waals surface area contributed by atoms with Crippen LogP contribution in [0.5, 0.6) is 0 Å². The van der Waals surface area contributed by atoms with Gasteiger partial charge in [-0.2, -0.15) is 0 Å². The molecule has 1 aliphatic rings. The zero-order valence-corrected chi connectivity index (χ0v) is 8.64. The van der Waals surface area contributed by atoms with Crippen LogP contribution >= 0.6 is 0 Å². The minimum Gasteiger partial charge on any atom is -0.455 e. The van der Waals surface area contributed by atoms with Crippen molar-refractivity contribution in [3.05, 3.63) is 23.8 Å². The maximum atomic E-state index is 11.2. The molecule has 15 heavy (non-hydrogen) atoms. The minimum absolute atomic E-state index is 0.118. The number of carbonyl (C=O) groups is 1. The molecule has 1 heterocycles. The highest BCUT2D eigenvalue weighted by Gasteiger charge is 2.20. The molecular weight excluding hydrogens is 192 g/mol. The monoisotopic (exact) mass is 206 g/mol. The fourth-order valence-electron chi connectivity index (χ4n) is 1.33. The predicted molar refractivity (Wildman–Crippen MR) is 56.9 cm³/mol. The van der Waals surface area contributed by atoms with E-state index in [0.717, 1.165) is 0 Å². The maximum Gasteiger partial charge on any atom is 0.334 e. The number of cyclic esters (lactones) is 1. The molecule has 80 valence electrons. The molecule has 0 aromatic carbocycles. The SMILES string of the molecule is C#CC(O)C=CCCC1=CC(C)OC1=O. The fraction of sp³-hybridized carbons (Fsp3) is 0.417. The van der Waals surface area contributed by atoms with Gasteiger partial charge in [0, 0.05) is 5.57 Å². The van der Waals surface area contributed by atoms with Crippen molar-refractivity contribution in [2.45, 2.75) is 32.0 Å². The van der Waals surface area contributed by atoms with Crippen LogP contribution in [0, 0.1) is 12.3 Å². The number of carbonyl (C=O) groups excluding carboxylic acids is 1. The lowest BCUT2D eigenvalue weighted by atomic mass is 10.1. The van der Waals surface area contributed by atoms with Gasteiger partial charge in [0.25, 0.3) is 0 Å². The second-order valence-corrected chi connectivity index (χ2v) is 3.38. The van der Waals surface area contributed by atoms with E-state index in [2.05, 4.69) is 5.92 Å². The van der Waals surface area contributed by atoms with Gasteiger partial charge in [-0.05, 0) is 31.9 Å². The van der Waals surface area contributed by atoms with Crippen molar-refractivity contribution in [1.29, 1.82) is 0 Å². The molecule has 0 saturated carbocycles. The Hall–Kier alpha value is -1.53. The quantitative estimate of drug-likeness (QED) is 0.427. The zero-order chi connectivity index (χ0) is 11.3. The Labute approximate surface area is 89.4 Å². The normalized spacial score (nSPS) is 22.3. The highest BCUT2D eigenvalue weighted by molar-refractivity contribution is 5.90. The lowest BCUT2D eigenvalue weighted by molar-refractivity contribution is -0.139. The molecule has 0 aliphatic carbocycles. The molecule has 0 saturated heterocycles. The topological polar surface area (TPSA) is 46.5 Å². The summed E-state index contributed by atoms with van der Waals surface area (Å²) in [6, 6.07) is 0. The summed E-state index contributed by atoms with van der Waals surface area (Å²) < 4.78 is 4.94. The van der Waals surface area contributed by atoms with Crippen LogP contribution in [0.25, 0.3) is 0 Å². The first-order valence-corrected chi connectivity index (χ1v) is 4.86. The molecule has 1 aliphatic heterocycles. The fourth-order valence-corrected chi connectivity index (χ4v) is 1.33. The lowest BCUT2D eigenvalue weighted by Crippen LogP contribution is -2.03. The van der Waals surface area contributed by atoms with E-state index >= 15 is 0 Å². The second kappa shape index (κ2) is 5.38. The molecule has 0 fully saturated rings. The van der Waals surface area contributed by atoms with Crippen LogP contribution in [0.3, 0.4) is 0 Å². The van der Waals surface area contributed by atoms with Crippen molar-refractivity contribution in [1.82, 2.24) is 0 Å². The van der Waals surface area contributed by atoms with Gasteiger partial charge in [-0.15, -0.1) is 6.42 Å². The summed E-state index contributed by atoms with van der Waals surface area (Å²) in [7, 11) is 0. The number of allylic oxidation sites excluding steroid dienone is 1. The van der Waals surface area contributed by atoms with E-state index in [1.165, 1.54) is 6.08 Å². The summed E-state index contributed by atoms with van der Waals surface area (Å²) in [6.07, 6.45) is 10.4. The molecule has 0 radical (unpaired) electrons. The van der Waals surface area contributed by atoms with Crippen molar-refractivity contribution in [2.24, 2.45) is 0 Å². The average Bonchev–Trinajstić information content (AvgIpc) is 2.52. The maximum absolute atomic E-state index is 11.2. The Kier molecular flexibility index (Phi) is 4.14. The van der Waals surface area contributed by atoms with Gasteiger partial charge in [-0.1, -0.05) is 12.0 Å². The number of rotatable bonds is 4. The molecular formula is C12H14O3. The molecule has 0 aromatic rings. The second-order valence-electron chi connectivity index (χ2n) is 3.38. The summed E-state index contributed by atoms with van der Waals surface area (Å²) in [5.74, 6) is 1.93. The standard InChI is InChI=1S/C12H14O3/c1-3-11(13)7-5-4-6-10-8-9(2)15-12(10)14/h1,5,7-9,11,13H,4,6H2,2H3. The van der Waals surface area contributed by atoms with Crippen molar-refractivity contribution < 1.29 is 14.6 Å². The Balaban J connectivity index is 2.33. The third-order valence-electron chi connectivity index (χ3n) is 2.06. The number of esters is 1. The summed E-state index contributed by atoms with van der Waals surface area (Å²) >= 11 is 0.